The van der Waals surface area contributed by atoms with Gasteiger partial charge in [-0.15, -0.1) is 0 Å². The Labute approximate surface area is 122 Å². The van der Waals surface area contributed by atoms with E-state index in [9.17, 15) is 0 Å². The lowest BCUT2D eigenvalue weighted by molar-refractivity contribution is -0.682. The fraction of sp³-hybridized carbons (Fsp3) is 0.500. The maximum atomic E-state index is 2.39. The molecule has 0 saturated heterocycles. The molecule has 0 spiro atoms. The number of hydrogen-bond acceptors (Lipinski definition) is 0. The van der Waals surface area contributed by atoms with Gasteiger partial charge in [0.2, 0.25) is 6.33 Å². The smallest absolute Gasteiger partial charge is 0.236 e. The molecule has 1 aromatic heterocycles. The Kier molecular flexibility index (Phi) is 2.82. The van der Waals surface area contributed by atoms with Gasteiger partial charge in [-0.2, -0.15) is 4.57 Å². The Balaban J connectivity index is 2.30. The summed E-state index contributed by atoms with van der Waals surface area (Å²) in [6.07, 6.45) is 4.73. The third-order valence-electron chi connectivity index (χ3n) is 4.80. The van der Waals surface area contributed by atoms with Crippen LogP contribution in [-0.4, -0.2) is 4.57 Å². The molecule has 1 aliphatic carbocycles. The van der Waals surface area contributed by atoms with Crippen molar-refractivity contribution in [3.63, 3.8) is 0 Å². The van der Waals surface area contributed by atoms with Crippen molar-refractivity contribution in [2.24, 2.45) is 7.05 Å². The Bertz CT molecular complexity index is 633. The molecule has 1 heterocycles. The van der Waals surface area contributed by atoms with Gasteiger partial charge in [-0.05, 0) is 25.0 Å². The first-order chi connectivity index (χ1) is 9.33. The molecular formula is C18H25N2+. The minimum atomic E-state index is 0.224. The summed E-state index contributed by atoms with van der Waals surface area (Å²) in [5.41, 5.74) is 4.69. The molecule has 2 heteroatoms. The van der Waals surface area contributed by atoms with E-state index in [2.05, 4.69) is 80.5 Å². The molecule has 0 unspecified atom stereocenters. The van der Waals surface area contributed by atoms with Crippen molar-refractivity contribution in [1.82, 2.24) is 4.57 Å². The molecule has 0 amide bonds. The van der Waals surface area contributed by atoms with Crippen molar-refractivity contribution in [3.05, 3.63) is 48.0 Å². The zero-order valence-electron chi connectivity index (χ0n) is 13.3. The van der Waals surface area contributed by atoms with Crippen LogP contribution in [0.25, 0.3) is 5.69 Å². The van der Waals surface area contributed by atoms with E-state index in [1.54, 1.807) is 0 Å². The quantitative estimate of drug-likeness (QED) is 0.699. The molecule has 0 saturated carbocycles. The van der Waals surface area contributed by atoms with Crippen molar-refractivity contribution in [2.75, 3.05) is 0 Å². The topological polar surface area (TPSA) is 8.81 Å². The number of aryl methyl sites for hydroxylation is 1. The van der Waals surface area contributed by atoms with Crippen LogP contribution < -0.4 is 4.57 Å². The van der Waals surface area contributed by atoms with Crippen LogP contribution in [0.4, 0.5) is 0 Å². The minimum Gasteiger partial charge on any atom is -0.236 e. The average Bonchev–Trinajstić information content (AvgIpc) is 2.76. The zero-order chi connectivity index (χ0) is 14.5. The summed E-state index contributed by atoms with van der Waals surface area (Å²) < 4.78 is 4.71. The van der Waals surface area contributed by atoms with Gasteiger partial charge in [-0.1, -0.05) is 45.9 Å². The molecule has 20 heavy (non-hydrogen) atoms. The van der Waals surface area contributed by atoms with Crippen molar-refractivity contribution in [1.29, 1.82) is 0 Å². The van der Waals surface area contributed by atoms with Crippen LogP contribution in [0.5, 0.6) is 0 Å². The fourth-order valence-corrected chi connectivity index (χ4v) is 3.66. The third-order valence-corrected chi connectivity index (χ3v) is 4.80. The highest BCUT2D eigenvalue weighted by molar-refractivity contribution is 5.39. The molecule has 0 atom stereocenters. The fourth-order valence-electron chi connectivity index (χ4n) is 3.66. The highest BCUT2D eigenvalue weighted by Crippen LogP contribution is 2.44. The molecule has 1 aliphatic rings. The lowest BCUT2D eigenvalue weighted by Crippen LogP contribution is -2.44. The van der Waals surface area contributed by atoms with Crippen LogP contribution in [0, 0.1) is 0 Å². The van der Waals surface area contributed by atoms with E-state index in [4.69, 9.17) is 0 Å². The van der Waals surface area contributed by atoms with Crippen LogP contribution >= 0.6 is 0 Å². The number of imidazole rings is 1. The van der Waals surface area contributed by atoms with Gasteiger partial charge in [0.25, 0.3) is 0 Å². The molecule has 1 aromatic carbocycles. The van der Waals surface area contributed by atoms with Gasteiger partial charge in [0.1, 0.15) is 5.69 Å². The summed E-state index contributed by atoms with van der Waals surface area (Å²) in [6.45, 7) is 9.49. The second-order valence-electron chi connectivity index (χ2n) is 7.40. The van der Waals surface area contributed by atoms with Gasteiger partial charge >= 0.3 is 0 Å². The monoisotopic (exact) mass is 269 g/mol. The summed E-state index contributed by atoms with van der Waals surface area (Å²) in [5, 5.41) is 0. The number of benzene rings is 1. The van der Waals surface area contributed by atoms with E-state index < -0.39 is 0 Å². The molecule has 0 N–H and O–H groups in total. The first-order valence-electron chi connectivity index (χ1n) is 7.50. The lowest BCUT2D eigenvalue weighted by atomic mass is 9.67. The Morgan fingerprint density at radius 1 is 0.950 bits per heavy atom. The van der Waals surface area contributed by atoms with Crippen LogP contribution in [0.3, 0.4) is 0 Å². The van der Waals surface area contributed by atoms with E-state index in [0.717, 1.165) is 0 Å². The van der Waals surface area contributed by atoms with Gasteiger partial charge in [-0.25, -0.2) is 4.57 Å². The zero-order valence-corrected chi connectivity index (χ0v) is 13.3. The molecule has 106 valence electrons. The van der Waals surface area contributed by atoms with Crippen LogP contribution in [0.1, 0.15) is 51.9 Å². The van der Waals surface area contributed by atoms with Gasteiger partial charge in [0.15, 0.2) is 11.4 Å². The summed E-state index contributed by atoms with van der Waals surface area (Å²) in [5.74, 6) is 0. The van der Waals surface area contributed by atoms with E-state index in [-0.39, 0.29) is 10.8 Å². The molecule has 0 radical (unpaired) electrons. The van der Waals surface area contributed by atoms with Crippen molar-refractivity contribution < 1.29 is 4.57 Å². The minimum absolute atomic E-state index is 0.224. The first-order valence-corrected chi connectivity index (χ1v) is 7.50. The van der Waals surface area contributed by atoms with Crippen molar-refractivity contribution in [2.45, 2.75) is 51.4 Å². The predicted molar refractivity (Wildman–Crippen MR) is 82.2 cm³/mol. The van der Waals surface area contributed by atoms with E-state index in [1.165, 1.54) is 29.9 Å². The van der Waals surface area contributed by atoms with E-state index in [0.29, 0.717) is 0 Å². The van der Waals surface area contributed by atoms with Gasteiger partial charge in [0, 0.05) is 10.8 Å². The first kappa shape index (κ1) is 13.4. The molecule has 2 nitrogen and oxygen atoms in total. The highest BCUT2D eigenvalue weighted by atomic mass is 15.2. The number of fused-ring (bicyclic) bond motifs is 1. The molecule has 2 aromatic rings. The SMILES string of the molecule is C[n+]1cn(-c2ccccc2)c2c1C(C)(C)CCC2(C)C. The standard InChI is InChI=1S/C18H25N2/c1-17(2)11-12-18(3,4)16-15(17)19(5)13-20(16)14-9-7-6-8-10-14/h6-10,13H,11-12H2,1-5H3/q+1. The Morgan fingerprint density at radius 3 is 2.20 bits per heavy atom. The highest BCUT2D eigenvalue weighted by Gasteiger charge is 2.46. The molecule has 0 fully saturated rings. The van der Waals surface area contributed by atoms with Crippen molar-refractivity contribution >= 4 is 0 Å². The Morgan fingerprint density at radius 2 is 1.55 bits per heavy atom. The molecule has 3 rings (SSSR count). The predicted octanol–water partition coefficient (Wildman–Crippen LogP) is 3.65. The molecular weight excluding hydrogens is 244 g/mol. The summed E-state index contributed by atoms with van der Waals surface area (Å²) >= 11 is 0. The summed E-state index contributed by atoms with van der Waals surface area (Å²) in [4.78, 5) is 0. The van der Waals surface area contributed by atoms with E-state index >= 15 is 0 Å². The summed E-state index contributed by atoms with van der Waals surface area (Å²) in [7, 11) is 2.18. The number of aromatic nitrogens is 2. The maximum Gasteiger partial charge on any atom is 0.249 e. The Hall–Kier alpha value is -1.57. The van der Waals surface area contributed by atoms with Crippen LogP contribution in [0.15, 0.2) is 36.7 Å². The molecule has 0 bridgehead atoms. The number of nitrogens with zero attached hydrogens (tertiary/aromatic N) is 2. The number of hydrogen-bond donors (Lipinski definition) is 0. The van der Waals surface area contributed by atoms with Crippen LogP contribution in [-0.2, 0) is 17.9 Å². The van der Waals surface area contributed by atoms with Crippen molar-refractivity contribution in [3.8, 4) is 5.69 Å². The van der Waals surface area contributed by atoms with Gasteiger partial charge < -0.3 is 0 Å². The second kappa shape index (κ2) is 4.21. The lowest BCUT2D eigenvalue weighted by Gasteiger charge is -2.36. The summed E-state index contributed by atoms with van der Waals surface area (Å²) in [6, 6.07) is 10.7. The average molecular weight is 269 g/mol. The maximum absolute atomic E-state index is 2.39. The van der Waals surface area contributed by atoms with E-state index in [1.807, 2.05) is 0 Å². The third kappa shape index (κ3) is 1.90. The van der Waals surface area contributed by atoms with Crippen LogP contribution in [0.2, 0.25) is 0 Å². The number of rotatable bonds is 1. The molecule has 0 aliphatic heterocycles. The van der Waals surface area contributed by atoms with Gasteiger partial charge in [0.05, 0.1) is 7.05 Å². The number of para-hydroxylation sites is 1. The van der Waals surface area contributed by atoms with Gasteiger partial charge in [-0.3, -0.25) is 0 Å². The normalized spacial score (nSPS) is 19.6. The largest absolute Gasteiger partial charge is 0.249 e. The second-order valence-corrected chi connectivity index (χ2v) is 7.40.